The summed E-state index contributed by atoms with van der Waals surface area (Å²) in [5.74, 6) is 1.09. The maximum atomic E-state index is 9.66. The van der Waals surface area contributed by atoms with Gasteiger partial charge < -0.3 is 9.84 Å². The fraction of sp³-hybridized carbons (Fsp3) is 0.130. The Labute approximate surface area is 149 Å². The minimum Gasteiger partial charge on any atom is -0.508 e. The second-order valence-electron chi connectivity index (χ2n) is 6.16. The average molecular weight is 330 g/mol. The Hall–Kier alpha value is -3.00. The van der Waals surface area contributed by atoms with E-state index in [1.165, 1.54) is 5.56 Å². The zero-order valence-electron chi connectivity index (χ0n) is 14.4. The first-order valence-corrected chi connectivity index (χ1v) is 8.34. The van der Waals surface area contributed by atoms with Gasteiger partial charge in [0.05, 0.1) is 0 Å². The van der Waals surface area contributed by atoms with Crippen LogP contribution in [0.5, 0.6) is 11.5 Å². The summed E-state index contributed by atoms with van der Waals surface area (Å²) in [4.78, 5) is 0. The minimum atomic E-state index is -0.327. The quantitative estimate of drug-likeness (QED) is 0.490. The molecule has 0 bridgehead atoms. The van der Waals surface area contributed by atoms with Crippen LogP contribution < -0.4 is 4.74 Å². The maximum absolute atomic E-state index is 9.66. The fourth-order valence-electron chi connectivity index (χ4n) is 3.11. The van der Waals surface area contributed by atoms with Gasteiger partial charge >= 0.3 is 0 Å². The first-order valence-electron chi connectivity index (χ1n) is 8.34. The lowest BCUT2D eigenvalue weighted by Gasteiger charge is -2.32. The molecule has 0 fully saturated rings. The van der Waals surface area contributed by atoms with Gasteiger partial charge in [-0.3, -0.25) is 0 Å². The van der Waals surface area contributed by atoms with Crippen LogP contribution in [0.2, 0.25) is 0 Å². The van der Waals surface area contributed by atoms with Crippen LogP contribution in [-0.4, -0.2) is 11.7 Å². The highest BCUT2D eigenvalue weighted by Gasteiger charge is 2.31. The van der Waals surface area contributed by atoms with Crippen molar-refractivity contribution < 1.29 is 9.84 Å². The molecule has 3 aromatic carbocycles. The van der Waals surface area contributed by atoms with Gasteiger partial charge in [0.15, 0.2) is 0 Å². The molecule has 0 aliphatic rings. The summed E-state index contributed by atoms with van der Waals surface area (Å²) in [6.45, 7) is 6.37. The van der Waals surface area contributed by atoms with E-state index in [0.717, 1.165) is 16.9 Å². The van der Waals surface area contributed by atoms with Crippen LogP contribution in [0.1, 0.15) is 23.6 Å². The van der Waals surface area contributed by atoms with Gasteiger partial charge in [-0.25, -0.2) is 0 Å². The number of hydrogen-bond acceptors (Lipinski definition) is 2. The van der Waals surface area contributed by atoms with Crippen molar-refractivity contribution in [2.45, 2.75) is 12.3 Å². The predicted octanol–water partition coefficient (Wildman–Crippen LogP) is 5.31. The molecule has 0 amide bonds. The van der Waals surface area contributed by atoms with E-state index in [0.29, 0.717) is 6.61 Å². The van der Waals surface area contributed by atoms with E-state index in [9.17, 15) is 5.11 Å². The van der Waals surface area contributed by atoms with E-state index in [2.05, 4.69) is 49.9 Å². The van der Waals surface area contributed by atoms with E-state index in [1.54, 1.807) is 18.2 Å². The molecule has 0 saturated carbocycles. The minimum absolute atomic E-state index is 0.271. The number of benzene rings is 3. The van der Waals surface area contributed by atoms with E-state index >= 15 is 0 Å². The molecule has 0 heterocycles. The van der Waals surface area contributed by atoms with Crippen molar-refractivity contribution in [1.82, 2.24) is 0 Å². The molecule has 1 atom stereocenters. The topological polar surface area (TPSA) is 29.5 Å². The zero-order valence-corrected chi connectivity index (χ0v) is 14.4. The summed E-state index contributed by atoms with van der Waals surface area (Å²) in [6.07, 6.45) is 1.73. The third-order valence-corrected chi connectivity index (χ3v) is 4.60. The Kier molecular flexibility index (Phi) is 4.90. The third-order valence-electron chi connectivity index (χ3n) is 4.60. The highest BCUT2D eigenvalue weighted by atomic mass is 16.5. The maximum Gasteiger partial charge on any atom is 0.119 e. The largest absolute Gasteiger partial charge is 0.508 e. The predicted molar refractivity (Wildman–Crippen MR) is 102 cm³/mol. The first-order chi connectivity index (χ1) is 12.1. The average Bonchev–Trinajstić information content (AvgIpc) is 2.67. The van der Waals surface area contributed by atoms with Gasteiger partial charge in [-0.15, -0.1) is 0 Å². The van der Waals surface area contributed by atoms with Crippen molar-refractivity contribution in [3.8, 4) is 11.5 Å². The summed E-state index contributed by atoms with van der Waals surface area (Å²) in [7, 11) is 0. The van der Waals surface area contributed by atoms with Gasteiger partial charge in [0, 0.05) is 5.41 Å². The van der Waals surface area contributed by atoms with Crippen LogP contribution in [-0.2, 0) is 5.41 Å². The van der Waals surface area contributed by atoms with Crippen LogP contribution in [0.15, 0.2) is 91.5 Å². The Balaban J connectivity index is 2.08. The molecule has 0 aliphatic heterocycles. The van der Waals surface area contributed by atoms with Gasteiger partial charge in [-0.2, -0.15) is 0 Å². The van der Waals surface area contributed by atoms with Crippen LogP contribution in [0.4, 0.5) is 0 Å². The number of ether oxygens (including phenoxy) is 1. The molecule has 0 aromatic heterocycles. The molecule has 2 nitrogen and oxygen atoms in total. The Morgan fingerprint density at radius 1 is 0.840 bits per heavy atom. The molecule has 0 radical (unpaired) electrons. The van der Waals surface area contributed by atoms with Gasteiger partial charge in [0.1, 0.15) is 18.1 Å². The monoisotopic (exact) mass is 330 g/mol. The lowest BCUT2D eigenvalue weighted by Crippen LogP contribution is -2.25. The Morgan fingerprint density at radius 3 is 1.92 bits per heavy atom. The lowest BCUT2D eigenvalue weighted by atomic mass is 9.71. The summed E-state index contributed by atoms with van der Waals surface area (Å²) >= 11 is 0. The smallest absolute Gasteiger partial charge is 0.119 e. The van der Waals surface area contributed by atoms with Gasteiger partial charge in [0.2, 0.25) is 0 Å². The summed E-state index contributed by atoms with van der Waals surface area (Å²) in [6, 6.07) is 26.0. The molecule has 0 aliphatic carbocycles. The molecule has 1 unspecified atom stereocenters. The number of phenolic OH excluding ortho intramolecular Hbond substituents is 1. The fourth-order valence-corrected chi connectivity index (χ4v) is 3.11. The highest BCUT2D eigenvalue weighted by molar-refractivity contribution is 5.51. The van der Waals surface area contributed by atoms with Crippen molar-refractivity contribution in [3.05, 3.63) is 108 Å². The van der Waals surface area contributed by atoms with Crippen molar-refractivity contribution in [3.63, 3.8) is 0 Å². The standard InChI is InChI=1S/C23H22O2/c1-3-17-25-22-15-11-20(12-16-22)23(2,18-7-5-4-6-8-18)19-9-13-21(24)14-10-19/h3-16,24H,1,17H2,2H3. The second kappa shape index (κ2) is 7.27. The summed E-state index contributed by atoms with van der Waals surface area (Å²) in [5, 5.41) is 9.66. The van der Waals surface area contributed by atoms with Crippen LogP contribution in [0.3, 0.4) is 0 Å². The van der Waals surface area contributed by atoms with Crippen LogP contribution in [0.25, 0.3) is 0 Å². The molecule has 0 saturated heterocycles. The summed E-state index contributed by atoms with van der Waals surface area (Å²) < 4.78 is 5.60. The first kappa shape index (κ1) is 16.8. The molecular formula is C23H22O2. The van der Waals surface area contributed by atoms with Gasteiger partial charge in [0.25, 0.3) is 0 Å². The lowest BCUT2D eigenvalue weighted by molar-refractivity contribution is 0.363. The van der Waals surface area contributed by atoms with Crippen molar-refractivity contribution in [1.29, 1.82) is 0 Å². The van der Waals surface area contributed by atoms with E-state index < -0.39 is 0 Å². The molecular weight excluding hydrogens is 308 g/mol. The van der Waals surface area contributed by atoms with E-state index in [4.69, 9.17) is 4.74 Å². The molecule has 1 N–H and O–H groups in total. The second-order valence-corrected chi connectivity index (χ2v) is 6.16. The number of aromatic hydroxyl groups is 1. The van der Waals surface area contributed by atoms with Crippen LogP contribution >= 0.6 is 0 Å². The number of rotatable bonds is 6. The van der Waals surface area contributed by atoms with Crippen LogP contribution in [0, 0.1) is 0 Å². The van der Waals surface area contributed by atoms with Crippen molar-refractivity contribution >= 4 is 0 Å². The molecule has 3 rings (SSSR count). The molecule has 2 heteroatoms. The molecule has 25 heavy (non-hydrogen) atoms. The number of hydrogen-bond donors (Lipinski definition) is 1. The molecule has 0 spiro atoms. The zero-order chi connectivity index (χ0) is 17.7. The molecule has 126 valence electrons. The van der Waals surface area contributed by atoms with Crippen molar-refractivity contribution in [2.75, 3.05) is 6.61 Å². The number of phenols is 1. The summed E-state index contributed by atoms with van der Waals surface area (Å²) in [5.41, 5.74) is 3.15. The third kappa shape index (κ3) is 3.43. The van der Waals surface area contributed by atoms with Crippen molar-refractivity contribution in [2.24, 2.45) is 0 Å². The van der Waals surface area contributed by atoms with E-state index in [-0.39, 0.29) is 11.2 Å². The normalized spacial score (nSPS) is 13.0. The Morgan fingerprint density at radius 2 is 1.36 bits per heavy atom. The molecule has 3 aromatic rings. The Bertz CT molecular complexity index is 820. The van der Waals surface area contributed by atoms with Gasteiger partial charge in [-0.05, 0) is 47.9 Å². The van der Waals surface area contributed by atoms with Gasteiger partial charge in [-0.1, -0.05) is 67.3 Å². The van der Waals surface area contributed by atoms with E-state index in [1.807, 2.05) is 30.3 Å². The highest BCUT2D eigenvalue weighted by Crippen LogP contribution is 2.39. The SMILES string of the molecule is C=CCOc1ccc(C(C)(c2ccccc2)c2ccc(O)cc2)cc1.